The van der Waals surface area contributed by atoms with Gasteiger partial charge in [0.2, 0.25) is 15.9 Å². The normalized spacial score (nSPS) is 14.0. The predicted molar refractivity (Wildman–Crippen MR) is 103 cm³/mol. The number of fused-ring (bicyclic) bond motifs is 1. The van der Waals surface area contributed by atoms with Crippen LogP contribution in [0.15, 0.2) is 23.1 Å². The summed E-state index contributed by atoms with van der Waals surface area (Å²) < 4.78 is 38.5. The van der Waals surface area contributed by atoms with E-state index in [0.717, 1.165) is 0 Å². The molecule has 1 N–H and O–H groups in total. The smallest absolute Gasteiger partial charge is 0.243 e. The van der Waals surface area contributed by atoms with E-state index in [1.165, 1.54) is 16.4 Å². The zero-order valence-electron chi connectivity index (χ0n) is 16.5. The van der Waals surface area contributed by atoms with Crippen LogP contribution in [0.1, 0.15) is 34.1 Å². The topological polar surface area (TPSA) is 84.9 Å². The van der Waals surface area contributed by atoms with E-state index in [9.17, 15) is 13.2 Å². The lowest BCUT2D eigenvalue weighted by atomic mass is 10.1. The number of ether oxygens (including phenoxy) is 2. The van der Waals surface area contributed by atoms with Crippen molar-refractivity contribution in [2.24, 2.45) is 11.8 Å². The highest BCUT2D eigenvalue weighted by molar-refractivity contribution is 7.89. The van der Waals surface area contributed by atoms with Crippen molar-refractivity contribution in [3.63, 3.8) is 0 Å². The summed E-state index contributed by atoms with van der Waals surface area (Å²) in [5, 5.41) is 2.78. The third kappa shape index (κ3) is 6.10. The minimum Gasteiger partial charge on any atom is -0.486 e. The van der Waals surface area contributed by atoms with Gasteiger partial charge in [-0.3, -0.25) is 4.79 Å². The van der Waals surface area contributed by atoms with Crippen molar-refractivity contribution >= 4 is 15.9 Å². The zero-order valence-corrected chi connectivity index (χ0v) is 17.3. The van der Waals surface area contributed by atoms with Crippen molar-refractivity contribution in [2.75, 3.05) is 32.8 Å². The molecule has 1 heterocycles. The number of hydrogen-bond donors (Lipinski definition) is 1. The maximum absolute atomic E-state index is 13.2. The molecule has 7 nitrogen and oxygen atoms in total. The summed E-state index contributed by atoms with van der Waals surface area (Å²) in [7, 11) is -3.83. The number of rotatable bonds is 9. The molecule has 0 aromatic heterocycles. The first-order chi connectivity index (χ1) is 12.7. The van der Waals surface area contributed by atoms with Crippen molar-refractivity contribution in [3.8, 4) is 11.5 Å². The van der Waals surface area contributed by atoms with Gasteiger partial charge in [0.15, 0.2) is 11.5 Å². The van der Waals surface area contributed by atoms with Crippen LogP contribution in [0, 0.1) is 11.8 Å². The predicted octanol–water partition coefficient (Wildman–Crippen LogP) is 2.27. The van der Waals surface area contributed by atoms with Crippen LogP contribution < -0.4 is 14.8 Å². The Labute approximate surface area is 162 Å². The van der Waals surface area contributed by atoms with Gasteiger partial charge in [0.25, 0.3) is 0 Å². The number of benzene rings is 1. The Morgan fingerprint density at radius 1 is 1.11 bits per heavy atom. The Morgan fingerprint density at radius 2 is 1.78 bits per heavy atom. The van der Waals surface area contributed by atoms with Gasteiger partial charge in [-0.1, -0.05) is 27.7 Å². The van der Waals surface area contributed by atoms with Crippen LogP contribution in [-0.2, 0) is 14.8 Å². The molecule has 1 aromatic rings. The van der Waals surface area contributed by atoms with Crippen molar-refractivity contribution in [1.82, 2.24) is 9.62 Å². The van der Waals surface area contributed by atoms with Gasteiger partial charge in [0.05, 0.1) is 11.4 Å². The lowest BCUT2D eigenvalue weighted by Crippen LogP contribution is -2.42. The molecule has 1 aliphatic heterocycles. The molecule has 0 bridgehead atoms. The van der Waals surface area contributed by atoms with E-state index >= 15 is 0 Å². The average molecular weight is 399 g/mol. The fourth-order valence-corrected chi connectivity index (χ4v) is 3.98. The summed E-state index contributed by atoms with van der Waals surface area (Å²) in [4.78, 5) is 12.4. The number of nitrogens with one attached hydrogen (secondary N) is 1. The van der Waals surface area contributed by atoms with Crippen molar-refractivity contribution in [2.45, 2.75) is 39.0 Å². The summed E-state index contributed by atoms with van der Waals surface area (Å²) in [6, 6.07) is 4.57. The number of amides is 1. The second-order valence-electron chi connectivity index (χ2n) is 7.52. The molecule has 1 amide bonds. The standard InChI is InChI=1S/C19H30N2O5S/c1-14(2)7-8-21(13-19(22)20-12-15(3)4)27(23,24)16-5-6-17-18(11-16)26-10-9-25-17/h5-6,11,14-15H,7-10,12-13H2,1-4H3,(H,20,22). The molecule has 0 radical (unpaired) electrons. The van der Waals surface area contributed by atoms with Crippen LogP contribution >= 0.6 is 0 Å². The molecule has 1 aliphatic rings. The van der Waals surface area contributed by atoms with Gasteiger partial charge in [0, 0.05) is 19.2 Å². The van der Waals surface area contributed by atoms with E-state index in [0.29, 0.717) is 49.5 Å². The zero-order chi connectivity index (χ0) is 20.0. The molecule has 2 rings (SSSR count). The number of sulfonamides is 1. The minimum absolute atomic E-state index is 0.104. The first kappa shape index (κ1) is 21.5. The van der Waals surface area contributed by atoms with Gasteiger partial charge in [0.1, 0.15) is 13.2 Å². The van der Waals surface area contributed by atoms with E-state index in [1.807, 2.05) is 27.7 Å². The van der Waals surface area contributed by atoms with Crippen LogP contribution in [0.3, 0.4) is 0 Å². The number of hydrogen-bond acceptors (Lipinski definition) is 5. The highest BCUT2D eigenvalue weighted by Crippen LogP contribution is 2.33. The Bertz CT molecular complexity index is 746. The maximum atomic E-state index is 13.2. The van der Waals surface area contributed by atoms with Crippen LogP contribution in [0.25, 0.3) is 0 Å². The van der Waals surface area contributed by atoms with Crippen LogP contribution in [0.4, 0.5) is 0 Å². The second-order valence-corrected chi connectivity index (χ2v) is 9.46. The third-order valence-corrected chi connectivity index (χ3v) is 5.98. The van der Waals surface area contributed by atoms with Gasteiger partial charge in [-0.25, -0.2) is 8.42 Å². The molecule has 1 aromatic carbocycles. The molecule has 0 spiro atoms. The lowest BCUT2D eigenvalue weighted by Gasteiger charge is -2.24. The van der Waals surface area contributed by atoms with Crippen LogP contribution in [-0.4, -0.2) is 51.5 Å². The third-order valence-electron chi connectivity index (χ3n) is 4.13. The maximum Gasteiger partial charge on any atom is 0.243 e. The first-order valence-corrected chi connectivity index (χ1v) is 10.8. The molecule has 0 fully saturated rings. The summed E-state index contributed by atoms with van der Waals surface area (Å²) in [6.45, 7) is 9.44. The fraction of sp³-hybridized carbons (Fsp3) is 0.632. The van der Waals surface area contributed by atoms with Crippen molar-refractivity contribution < 1.29 is 22.7 Å². The number of carbonyl (C=O) groups is 1. The molecule has 152 valence electrons. The highest BCUT2D eigenvalue weighted by Gasteiger charge is 2.28. The highest BCUT2D eigenvalue weighted by atomic mass is 32.2. The molecule has 0 unspecified atom stereocenters. The van der Waals surface area contributed by atoms with Crippen LogP contribution in [0.2, 0.25) is 0 Å². The molecule has 0 aliphatic carbocycles. The van der Waals surface area contributed by atoms with Gasteiger partial charge in [-0.2, -0.15) is 4.31 Å². The van der Waals surface area contributed by atoms with E-state index in [1.54, 1.807) is 6.07 Å². The average Bonchev–Trinajstić information content (AvgIpc) is 2.62. The Hall–Kier alpha value is -1.80. The number of carbonyl (C=O) groups excluding carboxylic acids is 1. The summed E-state index contributed by atoms with van der Waals surface area (Å²) in [5.41, 5.74) is 0. The van der Waals surface area contributed by atoms with Crippen molar-refractivity contribution in [1.29, 1.82) is 0 Å². The molecule has 0 saturated carbocycles. The Balaban J connectivity index is 2.22. The largest absolute Gasteiger partial charge is 0.486 e. The van der Waals surface area contributed by atoms with Gasteiger partial charge in [-0.05, 0) is 30.4 Å². The van der Waals surface area contributed by atoms with Gasteiger partial charge < -0.3 is 14.8 Å². The molecule has 8 heteroatoms. The summed E-state index contributed by atoms with van der Waals surface area (Å²) >= 11 is 0. The van der Waals surface area contributed by atoms with Crippen molar-refractivity contribution in [3.05, 3.63) is 18.2 Å². The van der Waals surface area contributed by atoms with Gasteiger partial charge >= 0.3 is 0 Å². The monoisotopic (exact) mass is 398 g/mol. The van der Waals surface area contributed by atoms with Crippen LogP contribution in [0.5, 0.6) is 11.5 Å². The molecular formula is C19H30N2O5S. The summed E-state index contributed by atoms with van der Waals surface area (Å²) in [6.07, 6.45) is 0.668. The minimum atomic E-state index is -3.83. The van der Waals surface area contributed by atoms with E-state index < -0.39 is 10.0 Å². The van der Waals surface area contributed by atoms with E-state index in [-0.39, 0.29) is 23.9 Å². The first-order valence-electron chi connectivity index (χ1n) is 9.36. The molecule has 0 atom stereocenters. The summed E-state index contributed by atoms with van der Waals surface area (Å²) in [5.74, 6) is 1.27. The van der Waals surface area contributed by atoms with E-state index in [2.05, 4.69) is 5.32 Å². The Morgan fingerprint density at radius 3 is 2.41 bits per heavy atom. The number of nitrogens with zero attached hydrogens (tertiary/aromatic N) is 1. The molecule has 0 saturated heterocycles. The lowest BCUT2D eigenvalue weighted by molar-refractivity contribution is -0.121. The molecule has 27 heavy (non-hydrogen) atoms. The second kappa shape index (κ2) is 9.41. The quantitative estimate of drug-likeness (QED) is 0.690. The van der Waals surface area contributed by atoms with Gasteiger partial charge in [-0.15, -0.1) is 0 Å². The fourth-order valence-electron chi connectivity index (χ4n) is 2.55. The van der Waals surface area contributed by atoms with E-state index in [4.69, 9.17) is 9.47 Å². The Kier molecular flexibility index (Phi) is 7.49. The molecular weight excluding hydrogens is 368 g/mol. The SMILES string of the molecule is CC(C)CCN(CC(=O)NCC(C)C)S(=O)(=O)c1ccc2c(c1)OCCO2.